The summed E-state index contributed by atoms with van der Waals surface area (Å²) in [5, 5.41) is 0. The maximum atomic E-state index is 10.1. The number of unbranched alkanes of at least 4 members (excludes halogenated alkanes) is 14. The topological polar surface area (TPSA) is 40.5 Å². The van der Waals surface area contributed by atoms with Crippen LogP contribution in [0, 0.1) is 11.8 Å². The minimum Gasteiger partial charge on any atom is -0.341 e. The zero-order valence-electron chi connectivity index (χ0n) is 21.5. The Labute approximate surface area is 204 Å². The van der Waals surface area contributed by atoms with Crippen LogP contribution in [0.1, 0.15) is 143 Å². The first-order valence-electron chi connectivity index (χ1n) is 13.5. The van der Waals surface area contributed by atoms with Crippen molar-refractivity contribution in [2.45, 2.75) is 143 Å². The van der Waals surface area contributed by atoms with E-state index in [1.165, 1.54) is 103 Å². The van der Waals surface area contributed by atoms with Gasteiger partial charge in [-0.25, -0.2) is 0 Å². The Hall–Kier alpha value is 1.05. The van der Waals surface area contributed by atoms with Gasteiger partial charge in [0.1, 0.15) is 0 Å². The molecule has 0 unspecified atom stereocenters. The smallest absolute Gasteiger partial charge is 0.198 e. The third-order valence-corrected chi connectivity index (χ3v) is 13.6. The van der Waals surface area contributed by atoms with E-state index in [2.05, 4.69) is 39.9 Å². The van der Waals surface area contributed by atoms with Gasteiger partial charge < -0.3 is 9.79 Å². The number of rotatable bonds is 22. The van der Waals surface area contributed by atoms with Gasteiger partial charge in [-0.3, -0.25) is 0 Å². The summed E-state index contributed by atoms with van der Waals surface area (Å²) in [6.07, 6.45) is 23.8. The van der Waals surface area contributed by atoms with E-state index < -0.39 is 5.69 Å². The molecule has 0 atom stereocenters. The van der Waals surface area contributed by atoms with E-state index in [4.69, 9.17) is 0 Å². The number of hydrogen-bond acceptors (Lipinski definition) is 0. The molecule has 0 aromatic carbocycles. The van der Waals surface area contributed by atoms with E-state index in [0.717, 1.165) is 36.2 Å². The van der Waals surface area contributed by atoms with Crippen molar-refractivity contribution >= 4 is 28.0 Å². The Morgan fingerprint density at radius 1 is 0.516 bits per heavy atom. The van der Waals surface area contributed by atoms with Gasteiger partial charge in [0.15, 0.2) is 5.69 Å². The molecule has 0 saturated carbocycles. The van der Waals surface area contributed by atoms with Crippen molar-refractivity contribution in [3.63, 3.8) is 0 Å². The second-order valence-corrected chi connectivity index (χ2v) is 18.7. The monoisotopic (exact) mass is 496 g/mol. The van der Waals surface area contributed by atoms with Gasteiger partial charge in [0.25, 0.3) is 0 Å². The van der Waals surface area contributed by atoms with Gasteiger partial charge in [0.05, 0.1) is 0 Å². The van der Waals surface area contributed by atoms with Crippen LogP contribution in [-0.2, 0) is 10.1 Å². The Morgan fingerprint density at radius 2 is 0.774 bits per heavy atom. The summed E-state index contributed by atoms with van der Waals surface area (Å²) in [5.74, 6) is 3.62. The molecule has 5 heteroatoms. The number of hydrogen-bond donors (Lipinski definition) is 3. The van der Waals surface area contributed by atoms with Crippen LogP contribution in [0.25, 0.3) is 0 Å². The first-order chi connectivity index (χ1) is 14.7. The Balaban J connectivity index is 3.68. The van der Waals surface area contributed by atoms with Gasteiger partial charge in [-0.2, -0.15) is 0 Å². The Morgan fingerprint density at radius 3 is 1.03 bits per heavy atom. The number of thiol groups is 1. The van der Waals surface area contributed by atoms with E-state index >= 15 is 0 Å². The SMILES string of the molecule is CC(C)CCCCCCCCCCS(CCCCCCCCCCC(C)C)=P(O)(O)S. The molecule has 0 spiro atoms. The second kappa shape index (κ2) is 21.6. The largest absolute Gasteiger partial charge is 0.341 e. The molecule has 0 rings (SSSR count). The fourth-order valence-electron chi connectivity index (χ4n) is 4.11. The highest BCUT2D eigenvalue weighted by molar-refractivity contribution is 8.65. The molecule has 0 heterocycles. The van der Waals surface area contributed by atoms with Gasteiger partial charge in [0.2, 0.25) is 0 Å². The van der Waals surface area contributed by atoms with Crippen LogP contribution < -0.4 is 0 Å². The molecule has 0 bridgehead atoms. The Bertz CT molecular complexity index is 408. The maximum Gasteiger partial charge on any atom is 0.198 e. The van der Waals surface area contributed by atoms with E-state index in [9.17, 15) is 9.79 Å². The van der Waals surface area contributed by atoms with Crippen LogP contribution in [0.3, 0.4) is 0 Å². The highest BCUT2D eigenvalue weighted by Crippen LogP contribution is 2.47. The molecule has 2 N–H and O–H groups in total. The summed E-state index contributed by atoms with van der Waals surface area (Å²) in [7, 11) is -0.288. The van der Waals surface area contributed by atoms with Crippen LogP contribution in [0.2, 0.25) is 0 Å². The quantitative estimate of drug-likeness (QED) is 0.0793. The molecule has 0 radical (unpaired) electrons. The van der Waals surface area contributed by atoms with Crippen molar-refractivity contribution < 1.29 is 9.79 Å². The first kappa shape index (κ1) is 32.0. The van der Waals surface area contributed by atoms with Crippen LogP contribution in [0.15, 0.2) is 0 Å². The van der Waals surface area contributed by atoms with Gasteiger partial charge >= 0.3 is 0 Å². The van der Waals surface area contributed by atoms with Crippen molar-refractivity contribution in [1.29, 1.82) is 0 Å². The predicted molar refractivity (Wildman–Crippen MR) is 150 cm³/mol. The maximum absolute atomic E-state index is 10.1. The van der Waals surface area contributed by atoms with Crippen molar-refractivity contribution in [1.82, 2.24) is 0 Å². The second-order valence-electron chi connectivity index (χ2n) is 10.4. The van der Waals surface area contributed by atoms with Gasteiger partial charge in [-0.1, -0.05) is 143 Å². The van der Waals surface area contributed by atoms with Gasteiger partial charge in [-0.05, 0) is 36.2 Å². The lowest BCUT2D eigenvalue weighted by molar-refractivity contribution is 0.501. The average Bonchev–Trinajstić information content (AvgIpc) is 2.67. The third-order valence-electron chi connectivity index (χ3n) is 6.17. The molecule has 31 heavy (non-hydrogen) atoms. The Kier molecular flexibility index (Phi) is 22.3. The molecule has 0 aliphatic heterocycles. The summed E-state index contributed by atoms with van der Waals surface area (Å²) < 4.78 is 0. The third kappa shape index (κ3) is 24.0. The lowest BCUT2D eigenvalue weighted by Gasteiger charge is -2.16. The molecule has 0 aromatic heterocycles. The van der Waals surface area contributed by atoms with E-state index in [1.54, 1.807) is 0 Å². The summed E-state index contributed by atoms with van der Waals surface area (Å²) in [6, 6.07) is 0. The fraction of sp³-hybridized carbons (Fsp3) is 1.00. The average molecular weight is 497 g/mol. The first-order valence-corrected chi connectivity index (χ1v) is 18.5. The molecule has 0 amide bonds. The van der Waals surface area contributed by atoms with Crippen LogP contribution >= 0.6 is 17.9 Å². The zero-order chi connectivity index (χ0) is 23.4. The predicted octanol–water partition coefficient (Wildman–Crippen LogP) is 9.53. The van der Waals surface area contributed by atoms with Gasteiger partial charge in [0, 0.05) is 0 Å². The van der Waals surface area contributed by atoms with Crippen LogP contribution in [0.4, 0.5) is 0 Å². The van der Waals surface area contributed by atoms with Gasteiger partial charge in [-0.15, -0.1) is 10.1 Å². The molecule has 190 valence electrons. The molecule has 2 nitrogen and oxygen atoms in total. The minimum atomic E-state index is -2.97. The minimum absolute atomic E-state index is 0.288. The van der Waals surface area contributed by atoms with Crippen molar-refractivity contribution in [3.05, 3.63) is 0 Å². The lowest BCUT2D eigenvalue weighted by atomic mass is 10.0. The molecule has 0 aliphatic carbocycles. The lowest BCUT2D eigenvalue weighted by Crippen LogP contribution is -2.04. The standard InChI is InChI=1S/C26H57O2PS2/c1-25(2)21-17-13-9-5-7-11-15-19-23-31(29(27,28)30)24-20-16-12-8-6-10-14-18-22-26(3)4/h25-28,30H,5-24H2,1-4H3. The zero-order valence-corrected chi connectivity index (χ0v) is 24.1. The van der Waals surface area contributed by atoms with Crippen LogP contribution in [-0.4, -0.2) is 21.3 Å². The van der Waals surface area contributed by atoms with E-state index in [1.807, 2.05) is 0 Å². The molecule has 0 aromatic rings. The molecule has 0 saturated heterocycles. The van der Waals surface area contributed by atoms with E-state index in [-0.39, 0.29) is 10.1 Å². The van der Waals surface area contributed by atoms with Crippen molar-refractivity contribution in [2.75, 3.05) is 11.5 Å². The van der Waals surface area contributed by atoms with Crippen LogP contribution in [0.5, 0.6) is 0 Å². The highest BCUT2D eigenvalue weighted by Gasteiger charge is 2.11. The van der Waals surface area contributed by atoms with E-state index in [0.29, 0.717) is 0 Å². The molecule has 0 fully saturated rings. The normalized spacial score (nSPS) is 12.6. The fourth-order valence-corrected chi connectivity index (χ4v) is 9.59. The summed E-state index contributed by atoms with van der Waals surface area (Å²) in [6.45, 7) is 9.24. The summed E-state index contributed by atoms with van der Waals surface area (Å²) >= 11 is 4.19. The summed E-state index contributed by atoms with van der Waals surface area (Å²) in [5.41, 5.74) is -2.97. The highest BCUT2D eigenvalue weighted by atomic mass is 32.9. The summed E-state index contributed by atoms with van der Waals surface area (Å²) in [4.78, 5) is 20.3. The molecular formula is C26H57O2PS2. The molecular weight excluding hydrogens is 439 g/mol. The van der Waals surface area contributed by atoms with Crippen molar-refractivity contribution in [2.24, 2.45) is 11.8 Å². The molecule has 0 aliphatic rings. The van der Waals surface area contributed by atoms with Crippen molar-refractivity contribution in [3.8, 4) is 0 Å².